The molecular formula is C26H28ClN5O2. The Morgan fingerprint density at radius 3 is 2.53 bits per heavy atom. The molecular weight excluding hydrogens is 450 g/mol. The predicted molar refractivity (Wildman–Crippen MR) is 133 cm³/mol. The number of hydrogen-bond donors (Lipinski definition) is 1. The van der Waals surface area contributed by atoms with E-state index in [1.807, 2.05) is 18.2 Å². The molecule has 0 saturated carbocycles. The first kappa shape index (κ1) is 23.7. The van der Waals surface area contributed by atoms with Gasteiger partial charge in [0.2, 0.25) is 5.82 Å². The van der Waals surface area contributed by atoms with Crippen molar-refractivity contribution in [2.45, 2.75) is 45.6 Å². The molecule has 2 heterocycles. The number of methoxy groups -OCH3 is 1. The normalized spacial score (nSPS) is 12.5. The highest BCUT2D eigenvalue weighted by Gasteiger charge is 2.17. The van der Waals surface area contributed by atoms with Crippen LogP contribution in [0.1, 0.15) is 42.3 Å². The molecule has 0 amide bonds. The first-order valence-electron chi connectivity index (χ1n) is 11.4. The van der Waals surface area contributed by atoms with Gasteiger partial charge in [-0.15, -0.1) is 22.6 Å². The molecule has 0 fully saturated rings. The van der Waals surface area contributed by atoms with E-state index in [-0.39, 0.29) is 12.4 Å². The summed E-state index contributed by atoms with van der Waals surface area (Å²) >= 11 is 0. The summed E-state index contributed by atoms with van der Waals surface area (Å²) in [5.41, 5.74) is 7.68. The fourth-order valence-electron chi connectivity index (χ4n) is 4.34. The van der Waals surface area contributed by atoms with Gasteiger partial charge >= 0.3 is 0 Å². The minimum Gasteiger partial charge on any atom is -0.497 e. The van der Waals surface area contributed by atoms with E-state index in [1.165, 1.54) is 24.1 Å². The number of nitrogens with one attached hydrogen (secondary N) is 1. The number of tetrazole rings is 1. The van der Waals surface area contributed by atoms with Crippen LogP contribution >= 0.6 is 12.4 Å². The van der Waals surface area contributed by atoms with Gasteiger partial charge in [-0.2, -0.15) is 5.21 Å². The molecule has 7 nitrogen and oxygen atoms in total. The second-order valence-corrected chi connectivity index (χ2v) is 8.23. The predicted octanol–water partition coefficient (Wildman–Crippen LogP) is 5.38. The number of ether oxygens (including phenoxy) is 2. The summed E-state index contributed by atoms with van der Waals surface area (Å²) in [5.74, 6) is 2.27. The molecule has 0 spiro atoms. The summed E-state index contributed by atoms with van der Waals surface area (Å²) in [6, 6.07) is 16.4. The zero-order valence-corrected chi connectivity index (χ0v) is 20.2. The van der Waals surface area contributed by atoms with Crippen molar-refractivity contribution in [3.63, 3.8) is 0 Å². The summed E-state index contributed by atoms with van der Waals surface area (Å²) in [5, 5.41) is 14.5. The third kappa shape index (κ3) is 4.89. The van der Waals surface area contributed by atoms with Crippen LogP contribution in [0.4, 0.5) is 0 Å². The van der Waals surface area contributed by atoms with Gasteiger partial charge in [0.15, 0.2) is 0 Å². The minimum atomic E-state index is 0. The number of aromatic amines is 1. The van der Waals surface area contributed by atoms with Crippen LogP contribution in [-0.2, 0) is 25.9 Å². The monoisotopic (exact) mass is 477 g/mol. The van der Waals surface area contributed by atoms with Crippen LogP contribution in [0.15, 0.2) is 48.5 Å². The molecule has 1 aliphatic carbocycles. The molecule has 34 heavy (non-hydrogen) atoms. The van der Waals surface area contributed by atoms with Gasteiger partial charge in [0.05, 0.1) is 7.11 Å². The number of rotatable bonds is 7. The van der Waals surface area contributed by atoms with E-state index in [2.05, 4.69) is 57.9 Å². The van der Waals surface area contributed by atoms with Gasteiger partial charge in [-0.1, -0.05) is 31.2 Å². The summed E-state index contributed by atoms with van der Waals surface area (Å²) in [4.78, 5) is 4.83. The van der Waals surface area contributed by atoms with Gasteiger partial charge < -0.3 is 9.47 Å². The molecule has 176 valence electrons. The Morgan fingerprint density at radius 2 is 1.79 bits per heavy atom. The summed E-state index contributed by atoms with van der Waals surface area (Å²) < 4.78 is 11.7. The van der Waals surface area contributed by atoms with Crippen molar-refractivity contribution in [2.24, 2.45) is 0 Å². The summed E-state index contributed by atoms with van der Waals surface area (Å²) in [6.07, 6.45) is 5.44. The number of fused-ring (bicyclic) bond motifs is 1. The van der Waals surface area contributed by atoms with Crippen molar-refractivity contribution in [1.29, 1.82) is 0 Å². The number of halogens is 1. The topological polar surface area (TPSA) is 85.8 Å². The van der Waals surface area contributed by atoms with Crippen molar-refractivity contribution in [2.75, 3.05) is 7.11 Å². The Hall–Kier alpha value is -3.45. The molecule has 2 aromatic carbocycles. The Balaban J connectivity index is 0.00000274. The molecule has 8 heteroatoms. The first-order chi connectivity index (χ1) is 16.2. The van der Waals surface area contributed by atoms with Crippen LogP contribution in [0.3, 0.4) is 0 Å². The van der Waals surface area contributed by atoms with E-state index in [0.29, 0.717) is 12.4 Å². The molecule has 1 aliphatic rings. The van der Waals surface area contributed by atoms with Gasteiger partial charge in [-0.05, 0) is 72.2 Å². The highest BCUT2D eigenvalue weighted by Crippen LogP contribution is 2.34. The van der Waals surface area contributed by atoms with E-state index < -0.39 is 0 Å². The SMILES string of the molecule is CCc1cc(OCc2ccc(-c3ccc(OC)cc3-c3nn[nH]n3)cc2)c2c(n1)CCCC2.Cl. The van der Waals surface area contributed by atoms with Gasteiger partial charge in [-0.25, -0.2) is 0 Å². The molecule has 0 atom stereocenters. The molecule has 5 rings (SSSR count). The maximum absolute atomic E-state index is 6.30. The summed E-state index contributed by atoms with van der Waals surface area (Å²) in [6.45, 7) is 2.67. The van der Waals surface area contributed by atoms with E-state index in [1.54, 1.807) is 7.11 Å². The molecule has 1 N–H and O–H groups in total. The highest BCUT2D eigenvalue weighted by atomic mass is 35.5. The third-order valence-corrected chi connectivity index (χ3v) is 6.15. The van der Waals surface area contributed by atoms with Crippen LogP contribution < -0.4 is 9.47 Å². The number of pyridine rings is 1. The second kappa shape index (κ2) is 10.7. The average Bonchev–Trinajstić information content (AvgIpc) is 3.42. The van der Waals surface area contributed by atoms with Crippen LogP contribution in [0, 0.1) is 0 Å². The fourth-order valence-corrected chi connectivity index (χ4v) is 4.34. The molecule has 0 unspecified atom stereocenters. The van der Waals surface area contributed by atoms with Crippen LogP contribution in [0.25, 0.3) is 22.5 Å². The van der Waals surface area contributed by atoms with Gasteiger partial charge in [0.25, 0.3) is 0 Å². The number of aryl methyl sites for hydroxylation is 2. The zero-order chi connectivity index (χ0) is 22.6. The number of benzene rings is 2. The Bertz CT molecular complexity index is 1240. The van der Waals surface area contributed by atoms with Crippen molar-refractivity contribution in [3.05, 3.63) is 71.0 Å². The van der Waals surface area contributed by atoms with Crippen molar-refractivity contribution in [1.82, 2.24) is 25.6 Å². The number of nitrogens with zero attached hydrogens (tertiary/aromatic N) is 4. The Kier molecular flexibility index (Phi) is 7.43. The standard InChI is InChI=1S/C26H27N5O2.ClH/c1-3-19-14-25(22-6-4-5-7-24(22)27-19)33-16-17-8-10-18(11-9-17)21-13-12-20(32-2)15-23(21)26-28-30-31-29-26;/h8-15H,3-7,16H2,1-2H3,(H,28,29,30,31);1H. The molecule has 2 aromatic heterocycles. The maximum atomic E-state index is 6.30. The molecule has 4 aromatic rings. The minimum absolute atomic E-state index is 0. The summed E-state index contributed by atoms with van der Waals surface area (Å²) in [7, 11) is 1.65. The molecule has 0 radical (unpaired) electrons. The highest BCUT2D eigenvalue weighted by molar-refractivity contribution is 5.85. The van der Waals surface area contributed by atoms with E-state index in [0.717, 1.165) is 58.7 Å². The number of H-pyrrole nitrogens is 1. The van der Waals surface area contributed by atoms with Crippen molar-refractivity contribution < 1.29 is 9.47 Å². The lowest BCUT2D eigenvalue weighted by molar-refractivity contribution is 0.300. The largest absolute Gasteiger partial charge is 0.497 e. The van der Waals surface area contributed by atoms with Crippen molar-refractivity contribution >= 4 is 12.4 Å². The van der Waals surface area contributed by atoms with Gasteiger partial charge in [0.1, 0.15) is 18.1 Å². The molecule has 0 aliphatic heterocycles. The Labute approximate surface area is 205 Å². The molecule has 0 saturated heterocycles. The average molecular weight is 478 g/mol. The smallest absolute Gasteiger partial charge is 0.205 e. The lowest BCUT2D eigenvalue weighted by atomic mass is 9.94. The van der Waals surface area contributed by atoms with Gasteiger partial charge in [-0.3, -0.25) is 4.98 Å². The van der Waals surface area contributed by atoms with E-state index >= 15 is 0 Å². The quantitative estimate of drug-likeness (QED) is 0.384. The van der Waals surface area contributed by atoms with Crippen molar-refractivity contribution in [3.8, 4) is 34.0 Å². The second-order valence-electron chi connectivity index (χ2n) is 8.23. The van der Waals surface area contributed by atoms with Gasteiger partial charge in [0, 0.05) is 28.6 Å². The third-order valence-electron chi connectivity index (χ3n) is 6.15. The lowest BCUT2D eigenvalue weighted by Gasteiger charge is -2.20. The lowest BCUT2D eigenvalue weighted by Crippen LogP contribution is -2.10. The van der Waals surface area contributed by atoms with Crippen LogP contribution in [-0.4, -0.2) is 32.7 Å². The van der Waals surface area contributed by atoms with E-state index in [4.69, 9.17) is 14.5 Å². The Morgan fingerprint density at radius 1 is 0.971 bits per heavy atom. The first-order valence-corrected chi connectivity index (χ1v) is 11.4. The molecule has 0 bridgehead atoms. The zero-order valence-electron chi connectivity index (χ0n) is 19.4. The van der Waals surface area contributed by atoms with E-state index in [9.17, 15) is 0 Å². The van der Waals surface area contributed by atoms with Crippen LogP contribution in [0.2, 0.25) is 0 Å². The number of hydrogen-bond acceptors (Lipinski definition) is 6. The maximum Gasteiger partial charge on any atom is 0.205 e. The van der Waals surface area contributed by atoms with Crippen LogP contribution in [0.5, 0.6) is 11.5 Å². The fraction of sp³-hybridized carbons (Fsp3) is 0.308. The number of aromatic nitrogens is 5.